The van der Waals surface area contributed by atoms with Crippen molar-refractivity contribution in [1.29, 1.82) is 0 Å². The summed E-state index contributed by atoms with van der Waals surface area (Å²) in [6.45, 7) is 5.77. The summed E-state index contributed by atoms with van der Waals surface area (Å²) in [5, 5.41) is 3.25. The zero-order chi connectivity index (χ0) is 15.5. The number of benzene rings is 2. The molecule has 1 aliphatic rings. The topological polar surface area (TPSA) is 30.5 Å². The van der Waals surface area contributed by atoms with E-state index in [1.54, 1.807) is 0 Å². The van der Waals surface area contributed by atoms with Gasteiger partial charge in [0, 0.05) is 18.0 Å². The molecule has 3 rings (SSSR count). The molecule has 0 aliphatic carbocycles. The number of rotatable bonds is 4. The van der Waals surface area contributed by atoms with Crippen LogP contribution in [-0.2, 0) is 0 Å². The quantitative estimate of drug-likeness (QED) is 0.934. The highest BCUT2D eigenvalue weighted by molar-refractivity contribution is 5.41. The number of aryl methyl sites for hydroxylation is 1. The number of ether oxygens (including phenoxy) is 2. The molecule has 2 atom stereocenters. The molecular formula is C19H23NO2. The summed E-state index contributed by atoms with van der Waals surface area (Å²) >= 11 is 0. The minimum atomic E-state index is 0.0119. The summed E-state index contributed by atoms with van der Waals surface area (Å²) in [7, 11) is 1.97. The summed E-state index contributed by atoms with van der Waals surface area (Å²) in [6.07, 6.45) is 0.0119. The Hall–Kier alpha value is -2.00. The fraction of sp³-hybridized carbons (Fsp3) is 0.368. The van der Waals surface area contributed by atoms with Crippen molar-refractivity contribution in [3.63, 3.8) is 0 Å². The van der Waals surface area contributed by atoms with Crippen molar-refractivity contribution >= 4 is 0 Å². The van der Waals surface area contributed by atoms with Crippen LogP contribution in [0.1, 0.15) is 22.8 Å². The number of nitrogens with one attached hydrogen (secondary N) is 1. The lowest BCUT2D eigenvalue weighted by molar-refractivity contribution is 0.0699. The lowest BCUT2D eigenvalue weighted by Crippen LogP contribution is -2.36. The number of para-hydroxylation sites is 1. The minimum Gasteiger partial charge on any atom is -0.493 e. The molecule has 0 spiro atoms. The molecule has 22 heavy (non-hydrogen) atoms. The van der Waals surface area contributed by atoms with E-state index in [2.05, 4.69) is 43.4 Å². The molecule has 116 valence electrons. The Balaban J connectivity index is 1.95. The Bertz CT molecular complexity index is 654. The SMILES string of the molecule is CNC[C@H]1COc2ccccc2[C@H]1Oc1cccc(C)c1C. The number of hydrogen-bond acceptors (Lipinski definition) is 3. The monoisotopic (exact) mass is 297 g/mol. The van der Waals surface area contributed by atoms with Crippen LogP contribution in [0, 0.1) is 19.8 Å². The Morgan fingerprint density at radius 1 is 1.14 bits per heavy atom. The highest BCUT2D eigenvalue weighted by Gasteiger charge is 2.32. The van der Waals surface area contributed by atoms with Crippen LogP contribution >= 0.6 is 0 Å². The predicted molar refractivity (Wildman–Crippen MR) is 88.6 cm³/mol. The molecule has 0 saturated carbocycles. The molecule has 0 fully saturated rings. The van der Waals surface area contributed by atoms with Crippen molar-refractivity contribution in [3.05, 3.63) is 59.2 Å². The Kier molecular flexibility index (Phi) is 4.34. The molecular weight excluding hydrogens is 274 g/mol. The van der Waals surface area contributed by atoms with Gasteiger partial charge in [-0.25, -0.2) is 0 Å². The average molecular weight is 297 g/mol. The van der Waals surface area contributed by atoms with E-state index in [0.717, 1.165) is 23.6 Å². The molecule has 0 saturated heterocycles. The van der Waals surface area contributed by atoms with E-state index >= 15 is 0 Å². The van der Waals surface area contributed by atoms with E-state index in [-0.39, 0.29) is 6.10 Å². The molecule has 0 bridgehead atoms. The van der Waals surface area contributed by atoms with Crippen LogP contribution in [0.5, 0.6) is 11.5 Å². The lowest BCUT2D eigenvalue weighted by atomic mass is 9.92. The maximum atomic E-state index is 6.44. The van der Waals surface area contributed by atoms with Crippen LogP contribution in [0.4, 0.5) is 0 Å². The second-order valence-corrected chi connectivity index (χ2v) is 5.90. The van der Waals surface area contributed by atoms with Gasteiger partial charge in [0.05, 0.1) is 6.61 Å². The first-order valence-corrected chi connectivity index (χ1v) is 7.80. The minimum absolute atomic E-state index is 0.0119. The summed E-state index contributed by atoms with van der Waals surface area (Å²) in [5.41, 5.74) is 3.59. The van der Waals surface area contributed by atoms with Gasteiger partial charge in [-0.2, -0.15) is 0 Å². The molecule has 0 aromatic heterocycles. The third kappa shape index (κ3) is 2.81. The average Bonchev–Trinajstić information content (AvgIpc) is 2.54. The molecule has 1 heterocycles. The highest BCUT2D eigenvalue weighted by atomic mass is 16.5. The lowest BCUT2D eigenvalue weighted by Gasteiger charge is -2.34. The largest absolute Gasteiger partial charge is 0.493 e. The van der Waals surface area contributed by atoms with Crippen LogP contribution in [0.3, 0.4) is 0 Å². The van der Waals surface area contributed by atoms with Gasteiger partial charge in [0.2, 0.25) is 0 Å². The molecule has 1 N–H and O–H groups in total. The maximum absolute atomic E-state index is 6.44. The van der Waals surface area contributed by atoms with Gasteiger partial charge in [0.15, 0.2) is 0 Å². The molecule has 3 heteroatoms. The second kappa shape index (κ2) is 6.41. The molecule has 0 unspecified atom stereocenters. The molecule has 2 aromatic carbocycles. The van der Waals surface area contributed by atoms with Crippen LogP contribution in [0.15, 0.2) is 42.5 Å². The first-order chi connectivity index (χ1) is 10.7. The van der Waals surface area contributed by atoms with E-state index in [0.29, 0.717) is 12.5 Å². The van der Waals surface area contributed by atoms with E-state index < -0.39 is 0 Å². The van der Waals surface area contributed by atoms with Crippen molar-refractivity contribution in [1.82, 2.24) is 5.32 Å². The molecule has 1 aliphatic heterocycles. The summed E-state index contributed by atoms with van der Waals surface area (Å²) in [5.74, 6) is 2.19. The van der Waals surface area contributed by atoms with Gasteiger partial charge in [-0.05, 0) is 44.2 Å². The van der Waals surface area contributed by atoms with Crippen molar-refractivity contribution in [2.24, 2.45) is 5.92 Å². The number of hydrogen-bond donors (Lipinski definition) is 1. The third-order valence-electron chi connectivity index (χ3n) is 4.38. The summed E-state index contributed by atoms with van der Waals surface area (Å²) < 4.78 is 12.3. The van der Waals surface area contributed by atoms with Gasteiger partial charge in [0.1, 0.15) is 17.6 Å². The van der Waals surface area contributed by atoms with Gasteiger partial charge in [-0.1, -0.05) is 30.3 Å². The van der Waals surface area contributed by atoms with E-state index in [1.165, 1.54) is 11.1 Å². The molecule has 0 amide bonds. The van der Waals surface area contributed by atoms with Crippen molar-refractivity contribution in [2.75, 3.05) is 20.2 Å². The first kappa shape index (κ1) is 14.9. The van der Waals surface area contributed by atoms with Gasteiger partial charge >= 0.3 is 0 Å². The van der Waals surface area contributed by atoms with Crippen LogP contribution < -0.4 is 14.8 Å². The normalized spacial score (nSPS) is 20.1. The third-order valence-corrected chi connectivity index (χ3v) is 4.38. The summed E-state index contributed by atoms with van der Waals surface area (Å²) in [4.78, 5) is 0. The molecule has 3 nitrogen and oxygen atoms in total. The van der Waals surface area contributed by atoms with E-state index in [9.17, 15) is 0 Å². The molecule has 0 radical (unpaired) electrons. The summed E-state index contributed by atoms with van der Waals surface area (Å²) in [6, 6.07) is 14.4. The van der Waals surface area contributed by atoms with Gasteiger partial charge in [-0.3, -0.25) is 0 Å². The Labute approximate surface area is 132 Å². The zero-order valence-corrected chi connectivity index (χ0v) is 13.4. The predicted octanol–water partition coefficient (Wildman–Crippen LogP) is 3.65. The zero-order valence-electron chi connectivity index (χ0n) is 13.4. The van der Waals surface area contributed by atoms with Crippen molar-refractivity contribution in [2.45, 2.75) is 20.0 Å². The Morgan fingerprint density at radius 2 is 1.95 bits per heavy atom. The van der Waals surface area contributed by atoms with Crippen molar-refractivity contribution in [3.8, 4) is 11.5 Å². The first-order valence-electron chi connectivity index (χ1n) is 7.80. The van der Waals surface area contributed by atoms with Gasteiger partial charge in [-0.15, -0.1) is 0 Å². The molecule has 2 aromatic rings. The fourth-order valence-electron chi connectivity index (χ4n) is 2.96. The van der Waals surface area contributed by atoms with Gasteiger partial charge in [0.25, 0.3) is 0 Å². The van der Waals surface area contributed by atoms with E-state index in [4.69, 9.17) is 9.47 Å². The standard InChI is InChI=1S/C19H23NO2/c1-13-7-6-10-17(14(13)2)22-19-15(11-20-3)12-21-18-9-5-4-8-16(18)19/h4-10,15,19-20H,11-12H2,1-3H3/t15-,19-/m0/s1. The van der Waals surface area contributed by atoms with Crippen molar-refractivity contribution < 1.29 is 9.47 Å². The Morgan fingerprint density at radius 3 is 2.77 bits per heavy atom. The maximum Gasteiger partial charge on any atom is 0.135 e. The highest BCUT2D eigenvalue weighted by Crippen LogP contribution is 2.39. The van der Waals surface area contributed by atoms with Crippen LogP contribution in [0.25, 0.3) is 0 Å². The van der Waals surface area contributed by atoms with E-state index in [1.807, 2.05) is 25.2 Å². The fourth-order valence-corrected chi connectivity index (χ4v) is 2.96. The van der Waals surface area contributed by atoms with Crippen LogP contribution in [-0.4, -0.2) is 20.2 Å². The van der Waals surface area contributed by atoms with Crippen LogP contribution in [0.2, 0.25) is 0 Å². The second-order valence-electron chi connectivity index (χ2n) is 5.90. The smallest absolute Gasteiger partial charge is 0.135 e. The van der Waals surface area contributed by atoms with Gasteiger partial charge < -0.3 is 14.8 Å². The number of fused-ring (bicyclic) bond motifs is 1.